The van der Waals surface area contributed by atoms with Crippen LogP contribution < -0.4 is 0 Å². The van der Waals surface area contributed by atoms with Gasteiger partial charge in [0.15, 0.2) is 0 Å². The minimum atomic E-state index is 0.0744. The maximum Gasteiger partial charge on any atom is 0.257 e. The second-order valence-corrected chi connectivity index (χ2v) is 5.42. The van der Waals surface area contributed by atoms with Crippen molar-refractivity contribution in [3.8, 4) is 0 Å². The van der Waals surface area contributed by atoms with Gasteiger partial charge in [0.1, 0.15) is 6.26 Å². The van der Waals surface area contributed by atoms with Crippen molar-refractivity contribution in [3.05, 3.63) is 60.1 Å². The van der Waals surface area contributed by atoms with Gasteiger partial charge in [0, 0.05) is 32.7 Å². The summed E-state index contributed by atoms with van der Waals surface area (Å²) in [6.45, 7) is 4.49. The first-order chi connectivity index (χ1) is 10.3. The highest BCUT2D eigenvalue weighted by atomic mass is 16.3. The molecule has 0 aliphatic carbocycles. The molecule has 0 unspecified atom stereocenters. The lowest BCUT2D eigenvalue weighted by Crippen LogP contribution is -2.34. The molecule has 0 saturated carbocycles. The number of furan rings is 1. The summed E-state index contributed by atoms with van der Waals surface area (Å²) >= 11 is 0. The van der Waals surface area contributed by atoms with E-state index in [1.54, 1.807) is 12.3 Å². The lowest BCUT2D eigenvalue weighted by Gasteiger charge is -2.21. The standard InChI is InChI=1S/C17H20N2O2/c20-17(16-7-12-21-14-16)19-9-4-8-18(10-11-19)13-15-5-2-1-3-6-15/h1-3,5-7,12,14H,4,8-11,13H2. The molecular formula is C17H20N2O2. The summed E-state index contributed by atoms with van der Waals surface area (Å²) < 4.78 is 5.00. The van der Waals surface area contributed by atoms with E-state index in [4.69, 9.17) is 4.42 Å². The zero-order valence-corrected chi connectivity index (χ0v) is 12.1. The number of amides is 1. The van der Waals surface area contributed by atoms with Crippen LogP contribution in [0.25, 0.3) is 0 Å². The Morgan fingerprint density at radius 2 is 1.90 bits per heavy atom. The van der Waals surface area contributed by atoms with Gasteiger partial charge in [-0.2, -0.15) is 0 Å². The minimum Gasteiger partial charge on any atom is -0.472 e. The topological polar surface area (TPSA) is 36.7 Å². The summed E-state index contributed by atoms with van der Waals surface area (Å²) in [6.07, 6.45) is 4.08. The fraction of sp³-hybridized carbons (Fsp3) is 0.353. The molecule has 3 rings (SSSR count). The number of hydrogen-bond acceptors (Lipinski definition) is 3. The number of hydrogen-bond donors (Lipinski definition) is 0. The molecule has 1 aliphatic rings. The molecule has 0 spiro atoms. The molecule has 2 aromatic rings. The third kappa shape index (κ3) is 3.52. The monoisotopic (exact) mass is 284 g/mol. The first-order valence-electron chi connectivity index (χ1n) is 7.41. The van der Waals surface area contributed by atoms with Gasteiger partial charge in [-0.3, -0.25) is 9.69 Å². The molecule has 2 heterocycles. The van der Waals surface area contributed by atoms with Gasteiger partial charge in [0.2, 0.25) is 0 Å². The van der Waals surface area contributed by atoms with E-state index in [1.165, 1.54) is 11.8 Å². The first-order valence-corrected chi connectivity index (χ1v) is 7.41. The van der Waals surface area contributed by atoms with Crippen LogP contribution in [-0.4, -0.2) is 41.9 Å². The zero-order valence-electron chi connectivity index (χ0n) is 12.1. The molecule has 1 aromatic carbocycles. The van der Waals surface area contributed by atoms with E-state index in [-0.39, 0.29) is 5.91 Å². The van der Waals surface area contributed by atoms with Crippen LogP contribution in [0.2, 0.25) is 0 Å². The van der Waals surface area contributed by atoms with Crippen LogP contribution in [0.3, 0.4) is 0 Å². The summed E-state index contributed by atoms with van der Waals surface area (Å²) in [7, 11) is 0. The van der Waals surface area contributed by atoms with E-state index in [0.717, 1.165) is 39.1 Å². The third-order valence-corrected chi connectivity index (χ3v) is 3.89. The fourth-order valence-corrected chi connectivity index (χ4v) is 2.74. The molecule has 0 radical (unpaired) electrons. The first kappa shape index (κ1) is 13.9. The van der Waals surface area contributed by atoms with Crippen LogP contribution in [0, 0.1) is 0 Å². The number of nitrogens with zero attached hydrogens (tertiary/aromatic N) is 2. The minimum absolute atomic E-state index is 0.0744. The van der Waals surface area contributed by atoms with Gasteiger partial charge in [-0.15, -0.1) is 0 Å². The molecule has 4 heteroatoms. The average molecular weight is 284 g/mol. The summed E-state index contributed by atoms with van der Waals surface area (Å²) in [6, 6.07) is 12.2. The van der Waals surface area contributed by atoms with Gasteiger partial charge in [-0.1, -0.05) is 30.3 Å². The molecular weight excluding hydrogens is 264 g/mol. The van der Waals surface area contributed by atoms with E-state index in [1.807, 2.05) is 11.0 Å². The van der Waals surface area contributed by atoms with Gasteiger partial charge in [-0.05, 0) is 18.1 Å². The summed E-state index contributed by atoms with van der Waals surface area (Å²) in [5, 5.41) is 0. The highest BCUT2D eigenvalue weighted by Gasteiger charge is 2.20. The molecule has 1 aromatic heterocycles. The molecule has 0 bridgehead atoms. The van der Waals surface area contributed by atoms with E-state index in [9.17, 15) is 4.79 Å². The lowest BCUT2D eigenvalue weighted by molar-refractivity contribution is 0.0760. The predicted octanol–water partition coefficient (Wildman–Crippen LogP) is 2.63. The van der Waals surface area contributed by atoms with Crippen LogP contribution in [0.5, 0.6) is 0 Å². The Kier molecular flexibility index (Phi) is 4.36. The molecule has 1 saturated heterocycles. The number of carbonyl (C=O) groups excluding carboxylic acids is 1. The van der Waals surface area contributed by atoms with Gasteiger partial charge < -0.3 is 9.32 Å². The Labute approximate surface area is 125 Å². The van der Waals surface area contributed by atoms with Crippen molar-refractivity contribution < 1.29 is 9.21 Å². The second kappa shape index (κ2) is 6.59. The Morgan fingerprint density at radius 3 is 2.67 bits per heavy atom. The highest BCUT2D eigenvalue weighted by Crippen LogP contribution is 2.12. The van der Waals surface area contributed by atoms with E-state index in [0.29, 0.717) is 5.56 Å². The van der Waals surface area contributed by atoms with Gasteiger partial charge in [-0.25, -0.2) is 0 Å². The Balaban J connectivity index is 1.58. The number of benzene rings is 1. The van der Waals surface area contributed by atoms with E-state index >= 15 is 0 Å². The summed E-state index contributed by atoms with van der Waals surface area (Å²) in [5.41, 5.74) is 1.97. The van der Waals surface area contributed by atoms with Crippen molar-refractivity contribution >= 4 is 5.91 Å². The van der Waals surface area contributed by atoms with Crippen molar-refractivity contribution in [3.63, 3.8) is 0 Å². The molecule has 0 atom stereocenters. The molecule has 21 heavy (non-hydrogen) atoms. The zero-order chi connectivity index (χ0) is 14.5. The van der Waals surface area contributed by atoms with Crippen molar-refractivity contribution in [2.24, 2.45) is 0 Å². The molecule has 4 nitrogen and oxygen atoms in total. The van der Waals surface area contributed by atoms with Gasteiger partial charge in [0.05, 0.1) is 11.8 Å². The lowest BCUT2D eigenvalue weighted by atomic mass is 10.2. The van der Waals surface area contributed by atoms with Crippen LogP contribution in [-0.2, 0) is 6.54 Å². The van der Waals surface area contributed by atoms with E-state index in [2.05, 4.69) is 29.2 Å². The highest BCUT2D eigenvalue weighted by molar-refractivity contribution is 5.93. The van der Waals surface area contributed by atoms with Gasteiger partial charge >= 0.3 is 0 Å². The quantitative estimate of drug-likeness (QED) is 0.869. The van der Waals surface area contributed by atoms with Crippen molar-refractivity contribution in [2.75, 3.05) is 26.2 Å². The number of carbonyl (C=O) groups is 1. The molecule has 110 valence electrons. The Morgan fingerprint density at radius 1 is 1.05 bits per heavy atom. The normalized spacial score (nSPS) is 16.7. The van der Waals surface area contributed by atoms with Crippen molar-refractivity contribution in [1.29, 1.82) is 0 Å². The molecule has 0 N–H and O–H groups in total. The third-order valence-electron chi connectivity index (χ3n) is 3.89. The maximum atomic E-state index is 12.3. The van der Waals surface area contributed by atoms with Gasteiger partial charge in [0.25, 0.3) is 5.91 Å². The van der Waals surface area contributed by atoms with Crippen molar-refractivity contribution in [2.45, 2.75) is 13.0 Å². The fourth-order valence-electron chi connectivity index (χ4n) is 2.74. The largest absolute Gasteiger partial charge is 0.472 e. The average Bonchev–Trinajstić information content (AvgIpc) is 2.95. The second-order valence-electron chi connectivity index (χ2n) is 5.42. The molecule has 1 aliphatic heterocycles. The summed E-state index contributed by atoms with van der Waals surface area (Å²) in [4.78, 5) is 16.7. The van der Waals surface area contributed by atoms with Crippen LogP contribution in [0.15, 0.2) is 53.3 Å². The van der Waals surface area contributed by atoms with Crippen molar-refractivity contribution in [1.82, 2.24) is 9.80 Å². The Bertz CT molecular complexity index is 566. The molecule has 1 amide bonds. The maximum absolute atomic E-state index is 12.3. The van der Waals surface area contributed by atoms with Crippen LogP contribution in [0.1, 0.15) is 22.3 Å². The van der Waals surface area contributed by atoms with E-state index < -0.39 is 0 Å². The van der Waals surface area contributed by atoms with Crippen LogP contribution in [0.4, 0.5) is 0 Å². The SMILES string of the molecule is O=C(c1ccoc1)N1CCCN(Cc2ccccc2)CC1. The Hall–Kier alpha value is -2.07. The summed E-state index contributed by atoms with van der Waals surface area (Å²) in [5.74, 6) is 0.0744. The smallest absolute Gasteiger partial charge is 0.257 e. The molecule has 1 fully saturated rings. The predicted molar refractivity (Wildman–Crippen MR) is 80.9 cm³/mol. The van der Waals surface area contributed by atoms with Crippen LogP contribution >= 0.6 is 0 Å². The number of rotatable bonds is 3.